The Morgan fingerprint density at radius 3 is 2.24 bits per heavy atom. The minimum absolute atomic E-state index is 0.0529. The van der Waals surface area contributed by atoms with Gasteiger partial charge >= 0.3 is 0 Å². The number of hydrogen-bond acceptors (Lipinski definition) is 4. The lowest BCUT2D eigenvalue weighted by Crippen LogP contribution is -2.36. The van der Waals surface area contributed by atoms with Crippen LogP contribution in [0.25, 0.3) is 0 Å². The van der Waals surface area contributed by atoms with E-state index >= 15 is 0 Å². The van der Waals surface area contributed by atoms with Gasteiger partial charge in [-0.15, -0.1) is 0 Å². The van der Waals surface area contributed by atoms with Crippen molar-refractivity contribution in [1.29, 1.82) is 0 Å². The largest absolute Gasteiger partial charge is 0.495 e. The molecule has 1 rings (SSSR count). The maximum absolute atomic E-state index is 5.71. The quantitative estimate of drug-likeness (QED) is 0.766. The van der Waals surface area contributed by atoms with Crippen LogP contribution in [-0.2, 0) is 4.74 Å². The van der Waals surface area contributed by atoms with Crippen molar-refractivity contribution < 1.29 is 14.2 Å². The van der Waals surface area contributed by atoms with Gasteiger partial charge in [-0.25, -0.2) is 0 Å². The minimum atomic E-state index is 0.0529. The maximum Gasteiger partial charge on any atom is 0.141 e. The molecule has 0 amide bonds. The van der Waals surface area contributed by atoms with Crippen LogP contribution in [0, 0.1) is 5.92 Å². The highest BCUT2D eigenvalue weighted by molar-refractivity contribution is 9.10. The van der Waals surface area contributed by atoms with Gasteiger partial charge in [0.25, 0.3) is 0 Å². The Balaban J connectivity index is 3.34. The molecule has 0 aliphatic carbocycles. The molecule has 1 aromatic rings. The van der Waals surface area contributed by atoms with Crippen molar-refractivity contribution in [3.8, 4) is 11.5 Å². The second-order valence-corrected chi connectivity index (χ2v) is 5.98. The predicted octanol–water partition coefficient (Wildman–Crippen LogP) is 3.79. The van der Waals surface area contributed by atoms with Crippen LogP contribution in [0.1, 0.15) is 32.4 Å². The number of halogens is 1. The van der Waals surface area contributed by atoms with E-state index in [1.165, 1.54) is 0 Å². The highest BCUT2D eigenvalue weighted by Gasteiger charge is 2.29. The summed E-state index contributed by atoms with van der Waals surface area (Å²) in [5, 5.41) is 3.50. The summed E-state index contributed by atoms with van der Waals surface area (Å²) in [5.41, 5.74) is 1.06. The molecule has 2 atom stereocenters. The van der Waals surface area contributed by atoms with Gasteiger partial charge in [0.1, 0.15) is 16.0 Å². The molecule has 0 fully saturated rings. The lowest BCUT2D eigenvalue weighted by Gasteiger charge is -2.31. The summed E-state index contributed by atoms with van der Waals surface area (Å²) in [7, 11) is 5.07. The molecular formula is C16H26BrNO3. The molecule has 0 spiro atoms. The second-order valence-electron chi connectivity index (χ2n) is 5.18. The number of ether oxygens (including phenoxy) is 3. The first kappa shape index (κ1) is 18.3. The van der Waals surface area contributed by atoms with Gasteiger partial charge in [0.15, 0.2) is 0 Å². The smallest absolute Gasteiger partial charge is 0.141 e. The van der Waals surface area contributed by atoms with Gasteiger partial charge in [0, 0.05) is 12.7 Å². The van der Waals surface area contributed by atoms with E-state index in [1.807, 2.05) is 12.1 Å². The maximum atomic E-state index is 5.71. The predicted molar refractivity (Wildman–Crippen MR) is 89.3 cm³/mol. The van der Waals surface area contributed by atoms with E-state index in [0.29, 0.717) is 5.92 Å². The molecule has 5 heteroatoms. The fourth-order valence-electron chi connectivity index (χ4n) is 2.58. The van der Waals surface area contributed by atoms with Crippen LogP contribution < -0.4 is 14.8 Å². The molecule has 0 saturated carbocycles. The van der Waals surface area contributed by atoms with E-state index in [1.54, 1.807) is 21.3 Å². The van der Waals surface area contributed by atoms with Gasteiger partial charge in [-0.05, 0) is 40.5 Å². The Labute approximate surface area is 136 Å². The van der Waals surface area contributed by atoms with Crippen molar-refractivity contribution in [2.45, 2.75) is 32.9 Å². The molecule has 0 aliphatic heterocycles. The van der Waals surface area contributed by atoms with Crippen molar-refractivity contribution in [2.75, 3.05) is 27.9 Å². The molecule has 0 saturated heterocycles. The Morgan fingerprint density at radius 1 is 1.14 bits per heavy atom. The molecule has 1 N–H and O–H groups in total. The van der Waals surface area contributed by atoms with Crippen LogP contribution in [-0.4, -0.2) is 34.0 Å². The lowest BCUT2D eigenvalue weighted by atomic mass is 9.92. The molecule has 0 aliphatic rings. The average Bonchev–Trinajstić information content (AvgIpc) is 2.46. The first-order valence-electron chi connectivity index (χ1n) is 7.18. The van der Waals surface area contributed by atoms with Gasteiger partial charge in [-0.3, -0.25) is 0 Å². The summed E-state index contributed by atoms with van der Waals surface area (Å²) in [5.74, 6) is 1.91. The third kappa shape index (κ3) is 4.11. The van der Waals surface area contributed by atoms with Crippen LogP contribution in [0.2, 0.25) is 0 Å². The molecule has 0 heterocycles. The third-order valence-electron chi connectivity index (χ3n) is 3.53. The Kier molecular flexibility index (Phi) is 7.49. The summed E-state index contributed by atoms with van der Waals surface area (Å²) < 4.78 is 17.5. The van der Waals surface area contributed by atoms with Crippen LogP contribution in [0.4, 0.5) is 0 Å². The minimum Gasteiger partial charge on any atom is -0.495 e. The van der Waals surface area contributed by atoms with Gasteiger partial charge in [-0.2, -0.15) is 0 Å². The van der Waals surface area contributed by atoms with Crippen molar-refractivity contribution in [3.05, 3.63) is 22.2 Å². The van der Waals surface area contributed by atoms with Crippen LogP contribution in [0.5, 0.6) is 11.5 Å². The van der Waals surface area contributed by atoms with E-state index < -0.39 is 0 Å². The second kappa shape index (κ2) is 8.61. The Hall–Kier alpha value is -0.780. The van der Waals surface area contributed by atoms with Crippen LogP contribution >= 0.6 is 15.9 Å². The average molecular weight is 360 g/mol. The number of rotatable bonds is 8. The molecule has 120 valence electrons. The van der Waals surface area contributed by atoms with Crippen LogP contribution in [0.3, 0.4) is 0 Å². The van der Waals surface area contributed by atoms with E-state index in [4.69, 9.17) is 14.2 Å². The monoisotopic (exact) mass is 359 g/mol. The normalized spacial score (nSPS) is 14.1. The summed E-state index contributed by atoms with van der Waals surface area (Å²) >= 11 is 3.56. The molecule has 0 aromatic heterocycles. The fraction of sp³-hybridized carbons (Fsp3) is 0.625. The Bertz CT molecular complexity index is 451. The van der Waals surface area contributed by atoms with Crippen molar-refractivity contribution in [3.63, 3.8) is 0 Å². The summed E-state index contributed by atoms with van der Waals surface area (Å²) in [6.45, 7) is 7.25. The molecule has 1 aromatic carbocycles. The highest BCUT2D eigenvalue weighted by Crippen LogP contribution is 2.41. The van der Waals surface area contributed by atoms with E-state index in [2.05, 4.69) is 42.0 Å². The van der Waals surface area contributed by atoms with Gasteiger partial charge in [-0.1, -0.05) is 20.8 Å². The van der Waals surface area contributed by atoms with Crippen molar-refractivity contribution in [2.24, 2.45) is 5.92 Å². The first-order valence-corrected chi connectivity index (χ1v) is 7.97. The fourth-order valence-corrected chi connectivity index (χ4v) is 3.26. The van der Waals surface area contributed by atoms with Gasteiger partial charge in [0.05, 0.1) is 26.4 Å². The third-order valence-corrected chi connectivity index (χ3v) is 4.28. The molecule has 21 heavy (non-hydrogen) atoms. The molecular weight excluding hydrogens is 334 g/mol. The summed E-state index contributed by atoms with van der Waals surface area (Å²) in [4.78, 5) is 0. The number of methoxy groups -OCH3 is 3. The molecule has 4 nitrogen and oxygen atoms in total. The van der Waals surface area contributed by atoms with Crippen LogP contribution in [0.15, 0.2) is 16.6 Å². The van der Waals surface area contributed by atoms with E-state index in [0.717, 1.165) is 28.1 Å². The Morgan fingerprint density at radius 2 is 1.81 bits per heavy atom. The SMILES string of the molecule is CCNC(c1ccc(OC)c(Br)c1OC)C(OC)C(C)C. The molecule has 2 unspecified atom stereocenters. The van der Waals surface area contributed by atoms with Gasteiger partial charge < -0.3 is 19.5 Å². The number of likely N-dealkylation sites (N-methyl/N-ethyl adjacent to an activating group) is 1. The number of nitrogens with one attached hydrogen (secondary N) is 1. The van der Waals surface area contributed by atoms with Crippen molar-refractivity contribution >= 4 is 15.9 Å². The zero-order chi connectivity index (χ0) is 16.0. The molecule has 0 radical (unpaired) electrons. The van der Waals surface area contributed by atoms with Gasteiger partial charge in [0.2, 0.25) is 0 Å². The van der Waals surface area contributed by atoms with E-state index in [-0.39, 0.29) is 12.1 Å². The zero-order valence-electron chi connectivity index (χ0n) is 13.7. The summed E-state index contributed by atoms with van der Waals surface area (Å²) in [6.07, 6.45) is 0.0548. The van der Waals surface area contributed by atoms with Crippen molar-refractivity contribution in [1.82, 2.24) is 5.32 Å². The number of benzene rings is 1. The van der Waals surface area contributed by atoms with E-state index in [9.17, 15) is 0 Å². The first-order chi connectivity index (χ1) is 10.0. The standard InChI is InChI=1S/C16H26BrNO3/c1-7-18-14(15(20-5)10(2)3)11-8-9-12(19-4)13(17)16(11)21-6/h8-10,14-15,18H,7H2,1-6H3. The number of hydrogen-bond donors (Lipinski definition) is 1. The highest BCUT2D eigenvalue weighted by atomic mass is 79.9. The molecule has 0 bridgehead atoms. The lowest BCUT2D eigenvalue weighted by molar-refractivity contribution is 0.0324. The topological polar surface area (TPSA) is 39.7 Å². The summed E-state index contributed by atoms with van der Waals surface area (Å²) in [6, 6.07) is 4.03. The zero-order valence-corrected chi connectivity index (χ0v) is 15.3.